The first-order valence-corrected chi connectivity index (χ1v) is 8.46. The number of hydrogen-bond donors (Lipinski definition) is 1. The van der Waals surface area contributed by atoms with E-state index < -0.39 is 0 Å². The average molecular weight is 342 g/mol. The molecule has 5 heteroatoms. The molecule has 0 saturated heterocycles. The van der Waals surface area contributed by atoms with Gasteiger partial charge in [-0.05, 0) is 42.9 Å². The van der Waals surface area contributed by atoms with E-state index in [1.54, 1.807) is 18.2 Å². The lowest BCUT2D eigenvalue weighted by atomic mass is 10.1. The minimum Gasteiger partial charge on any atom is -0.496 e. The van der Waals surface area contributed by atoms with Crippen molar-refractivity contribution in [3.63, 3.8) is 0 Å². The molecule has 134 valence electrons. The summed E-state index contributed by atoms with van der Waals surface area (Å²) >= 11 is 0. The molecule has 2 aromatic carbocycles. The van der Waals surface area contributed by atoms with Crippen molar-refractivity contribution in [3.8, 4) is 11.5 Å². The number of hydrogen-bond acceptors (Lipinski definition) is 4. The highest BCUT2D eigenvalue weighted by atomic mass is 16.5. The van der Waals surface area contributed by atoms with E-state index in [0.717, 1.165) is 25.3 Å². The topological polar surface area (TPSA) is 50.8 Å². The SMILES string of the molecule is CCN(CC)Cc1ccc(NC(=O)c2c(OC)cccc2OC)cc1. The molecule has 1 amide bonds. The second-order valence-corrected chi connectivity index (χ2v) is 5.65. The highest BCUT2D eigenvalue weighted by Crippen LogP contribution is 2.29. The van der Waals surface area contributed by atoms with E-state index in [2.05, 4.69) is 24.1 Å². The van der Waals surface area contributed by atoms with Crippen LogP contribution in [0.25, 0.3) is 0 Å². The zero-order valence-corrected chi connectivity index (χ0v) is 15.3. The van der Waals surface area contributed by atoms with E-state index in [1.807, 2.05) is 24.3 Å². The lowest BCUT2D eigenvalue weighted by Gasteiger charge is -2.18. The molecule has 1 N–H and O–H groups in total. The molecule has 0 aliphatic rings. The number of ether oxygens (including phenoxy) is 2. The van der Waals surface area contributed by atoms with Gasteiger partial charge in [-0.1, -0.05) is 32.0 Å². The lowest BCUT2D eigenvalue weighted by molar-refractivity contribution is 0.102. The zero-order valence-electron chi connectivity index (χ0n) is 15.3. The highest BCUT2D eigenvalue weighted by molar-refractivity contribution is 6.08. The molecule has 0 heterocycles. The Kier molecular flexibility index (Phi) is 6.83. The monoisotopic (exact) mass is 342 g/mol. The number of benzene rings is 2. The van der Waals surface area contributed by atoms with Crippen molar-refractivity contribution in [2.75, 3.05) is 32.6 Å². The van der Waals surface area contributed by atoms with Gasteiger partial charge in [0.1, 0.15) is 17.1 Å². The van der Waals surface area contributed by atoms with E-state index in [1.165, 1.54) is 19.8 Å². The van der Waals surface area contributed by atoms with Crippen LogP contribution in [-0.4, -0.2) is 38.1 Å². The van der Waals surface area contributed by atoms with Crippen molar-refractivity contribution >= 4 is 11.6 Å². The summed E-state index contributed by atoms with van der Waals surface area (Å²) in [6.45, 7) is 7.24. The normalized spacial score (nSPS) is 10.6. The van der Waals surface area contributed by atoms with Crippen LogP contribution >= 0.6 is 0 Å². The van der Waals surface area contributed by atoms with E-state index in [4.69, 9.17) is 9.47 Å². The minimum absolute atomic E-state index is 0.259. The number of carbonyl (C=O) groups excluding carboxylic acids is 1. The van der Waals surface area contributed by atoms with Gasteiger partial charge < -0.3 is 14.8 Å². The molecule has 0 spiro atoms. The van der Waals surface area contributed by atoms with Crippen LogP contribution in [0.1, 0.15) is 29.8 Å². The van der Waals surface area contributed by atoms with Crippen molar-refractivity contribution in [2.45, 2.75) is 20.4 Å². The average Bonchev–Trinajstić information content (AvgIpc) is 2.66. The summed E-state index contributed by atoms with van der Waals surface area (Å²) in [7, 11) is 3.07. The molecule has 2 rings (SSSR count). The molecule has 0 saturated carbocycles. The molecule has 0 atom stereocenters. The van der Waals surface area contributed by atoms with Gasteiger partial charge in [0.15, 0.2) is 0 Å². The van der Waals surface area contributed by atoms with Crippen LogP contribution in [-0.2, 0) is 6.54 Å². The second kappa shape index (κ2) is 9.08. The zero-order chi connectivity index (χ0) is 18.2. The van der Waals surface area contributed by atoms with E-state index in [0.29, 0.717) is 17.1 Å². The Morgan fingerprint density at radius 3 is 2.00 bits per heavy atom. The third-order valence-corrected chi connectivity index (χ3v) is 4.17. The maximum Gasteiger partial charge on any atom is 0.263 e. The fourth-order valence-electron chi connectivity index (χ4n) is 2.67. The summed E-state index contributed by atoms with van der Waals surface area (Å²) in [6.07, 6.45) is 0. The molecule has 0 fully saturated rings. The van der Waals surface area contributed by atoms with Gasteiger partial charge >= 0.3 is 0 Å². The van der Waals surface area contributed by atoms with Crippen LogP contribution in [0.4, 0.5) is 5.69 Å². The summed E-state index contributed by atoms with van der Waals surface area (Å²) in [5, 5.41) is 2.90. The van der Waals surface area contributed by atoms with Crippen LogP contribution in [0.15, 0.2) is 42.5 Å². The molecule has 0 unspecified atom stereocenters. The summed E-state index contributed by atoms with van der Waals surface area (Å²) in [5.74, 6) is 0.704. The van der Waals surface area contributed by atoms with Gasteiger partial charge in [-0.3, -0.25) is 9.69 Å². The minimum atomic E-state index is -0.259. The van der Waals surface area contributed by atoms with E-state index in [-0.39, 0.29) is 5.91 Å². The smallest absolute Gasteiger partial charge is 0.263 e. The number of methoxy groups -OCH3 is 2. The predicted molar refractivity (Wildman–Crippen MR) is 101 cm³/mol. The highest BCUT2D eigenvalue weighted by Gasteiger charge is 2.18. The molecule has 0 aliphatic heterocycles. The van der Waals surface area contributed by atoms with E-state index >= 15 is 0 Å². The number of carbonyl (C=O) groups is 1. The van der Waals surface area contributed by atoms with Gasteiger partial charge in [0.25, 0.3) is 5.91 Å². The largest absolute Gasteiger partial charge is 0.496 e. The summed E-state index contributed by atoms with van der Waals surface area (Å²) in [4.78, 5) is 15.0. The third kappa shape index (κ3) is 4.73. The Morgan fingerprint density at radius 1 is 0.960 bits per heavy atom. The number of nitrogens with one attached hydrogen (secondary N) is 1. The maximum absolute atomic E-state index is 12.6. The summed E-state index contributed by atoms with van der Waals surface area (Å²) in [5.41, 5.74) is 2.34. The predicted octanol–water partition coefficient (Wildman–Crippen LogP) is 3.80. The van der Waals surface area contributed by atoms with Crippen molar-refractivity contribution in [1.29, 1.82) is 0 Å². The second-order valence-electron chi connectivity index (χ2n) is 5.65. The standard InChI is InChI=1S/C20H26N2O3/c1-5-22(6-2)14-15-10-12-16(13-11-15)21-20(23)19-17(24-3)8-7-9-18(19)25-4/h7-13H,5-6,14H2,1-4H3,(H,21,23). The molecule has 0 radical (unpaired) electrons. The summed E-state index contributed by atoms with van der Waals surface area (Å²) < 4.78 is 10.6. The maximum atomic E-state index is 12.6. The van der Waals surface area contributed by atoms with Gasteiger partial charge in [-0.2, -0.15) is 0 Å². The third-order valence-electron chi connectivity index (χ3n) is 4.17. The Morgan fingerprint density at radius 2 is 1.52 bits per heavy atom. The van der Waals surface area contributed by atoms with Gasteiger partial charge in [0.05, 0.1) is 14.2 Å². The molecule has 0 aromatic heterocycles. The Bertz CT molecular complexity index is 672. The van der Waals surface area contributed by atoms with Crippen LogP contribution in [0.2, 0.25) is 0 Å². The Labute approximate surface area is 149 Å². The molecule has 0 aliphatic carbocycles. The fourth-order valence-corrected chi connectivity index (χ4v) is 2.67. The van der Waals surface area contributed by atoms with Crippen molar-refractivity contribution < 1.29 is 14.3 Å². The molecular weight excluding hydrogens is 316 g/mol. The van der Waals surface area contributed by atoms with Gasteiger partial charge in [-0.15, -0.1) is 0 Å². The first kappa shape index (κ1) is 18.8. The van der Waals surface area contributed by atoms with Crippen LogP contribution in [0, 0.1) is 0 Å². The Hall–Kier alpha value is -2.53. The lowest BCUT2D eigenvalue weighted by Crippen LogP contribution is -2.22. The number of amides is 1. The molecular formula is C20H26N2O3. The van der Waals surface area contributed by atoms with Gasteiger partial charge in [-0.25, -0.2) is 0 Å². The number of anilines is 1. The fraction of sp³-hybridized carbons (Fsp3) is 0.350. The van der Waals surface area contributed by atoms with Crippen molar-refractivity contribution in [1.82, 2.24) is 4.90 Å². The van der Waals surface area contributed by atoms with Gasteiger partial charge in [0.2, 0.25) is 0 Å². The first-order valence-electron chi connectivity index (χ1n) is 8.46. The van der Waals surface area contributed by atoms with Crippen LogP contribution < -0.4 is 14.8 Å². The first-order chi connectivity index (χ1) is 12.1. The number of rotatable bonds is 8. The molecule has 5 nitrogen and oxygen atoms in total. The Balaban J connectivity index is 2.14. The molecule has 0 bridgehead atoms. The summed E-state index contributed by atoms with van der Waals surface area (Å²) in [6, 6.07) is 13.2. The van der Waals surface area contributed by atoms with Gasteiger partial charge in [0, 0.05) is 12.2 Å². The van der Waals surface area contributed by atoms with E-state index in [9.17, 15) is 4.79 Å². The van der Waals surface area contributed by atoms with Crippen molar-refractivity contribution in [2.24, 2.45) is 0 Å². The quantitative estimate of drug-likeness (QED) is 0.793. The van der Waals surface area contributed by atoms with Crippen LogP contribution in [0.5, 0.6) is 11.5 Å². The molecule has 25 heavy (non-hydrogen) atoms. The molecule has 2 aromatic rings. The van der Waals surface area contributed by atoms with Crippen molar-refractivity contribution in [3.05, 3.63) is 53.6 Å². The number of nitrogens with zero attached hydrogens (tertiary/aromatic N) is 1. The van der Waals surface area contributed by atoms with Crippen LogP contribution in [0.3, 0.4) is 0 Å².